The van der Waals surface area contributed by atoms with Crippen molar-refractivity contribution in [2.45, 2.75) is 45.3 Å². The summed E-state index contributed by atoms with van der Waals surface area (Å²) in [5, 5.41) is 10.0. The van der Waals surface area contributed by atoms with Crippen molar-refractivity contribution in [2.75, 3.05) is 13.7 Å². The van der Waals surface area contributed by atoms with Crippen LogP contribution in [0.15, 0.2) is 23.8 Å². The molecule has 0 aromatic carbocycles. The van der Waals surface area contributed by atoms with Crippen LogP contribution < -0.4 is 5.73 Å². The van der Waals surface area contributed by atoms with Gasteiger partial charge in [0.1, 0.15) is 5.60 Å². The SMILES string of the molecule is CCN.COC(C)(C1=CC=CC1)C(C)(C)O. The van der Waals surface area contributed by atoms with Crippen molar-refractivity contribution in [2.24, 2.45) is 5.73 Å². The first-order chi connectivity index (χ1) is 7.33. The fraction of sp³-hybridized carbons (Fsp3) is 0.692. The quantitative estimate of drug-likeness (QED) is 0.775. The molecule has 1 unspecified atom stereocenters. The maximum absolute atomic E-state index is 10.0. The lowest BCUT2D eigenvalue weighted by Gasteiger charge is -2.40. The van der Waals surface area contributed by atoms with Crippen LogP contribution in [0.2, 0.25) is 0 Å². The molecule has 0 spiro atoms. The van der Waals surface area contributed by atoms with Crippen molar-refractivity contribution in [3.8, 4) is 0 Å². The summed E-state index contributed by atoms with van der Waals surface area (Å²) in [6.45, 7) is 8.12. The van der Waals surface area contributed by atoms with E-state index in [0.717, 1.165) is 18.5 Å². The Morgan fingerprint density at radius 3 is 2.19 bits per heavy atom. The van der Waals surface area contributed by atoms with E-state index in [1.807, 2.05) is 26.0 Å². The van der Waals surface area contributed by atoms with Gasteiger partial charge in [-0.15, -0.1) is 0 Å². The van der Waals surface area contributed by atoms with Crippen molar-refractivity contribution < 1.29 is 9.84 Å². The molecule has 1 aliphatic carbocycles. The van der Waals surface area contributed by atoms with Crippen molar-refractivity contribution in [3.63, 3.8) is 0 Å². The number of methoxy groups -OCH3 is 1. The topological polar surface area (TPSA) is 55.5 Å². The summed E-state index contributed by atoms with van der Waals surface area (Å²) in [6, 6.07) is 0. The Labute approximate surface area is 99.0 Å². The first-order valence-corrected chi connectivity index (χ1v) is 5.67. The van der Waals surface area contributed by atoms with Gasteiger partial charge in [-0.3, -0.25) is 0 Å². The van der Waals surface area contributed by atoms with E-state index in [9.17, 15) is 5.11 Å². The zero-order valence-corrected chi connectivity index (χ0v) is 11.1. The fourth-order valence-corrected chi connectivity index (χ4v) is 1.57. The van der Waals surface area contributed by atoms with Gasteiger partial charge in [-0.1, -0.05) is 25.2 Å². The van der Waals surface area contributed by atoms with E-state index in [1.165, 1.54) is 0 Å². The molecule has 0 bridgehead atoms. The van der Waals surface area contributed by atoms with Crippen LogP contribution in [0.3, 0.4) is 0 Å². The van der Waals surface area contributed by atoms with E-state index < -0.39 is 11.2 Å². The van der Waals surface area contributed by atoms with Gasteiger partial charge in [0, 0.05) is 7.11 Å². The molecule has 0 aromatic heterocycles. The highest BCUT2D eigenvalue weighted by atomic mass is 16.5. The maximum atomic E-state index is 10.0. The minimum absolute atomic E-state index is 0.587. The standard InChI is InChI=1S/C11H18O2.C2H7N/c1-10(2,12)11(3,13-4)9-7-5-6-8-9;1-2-3/h5-7,12H,8H2,1-4H3;2-3H2,1H3. The van der Waals surface area contributed by atoms with E-state index in [0.29, 0.717) is 0 Å². The molecule has 1 rings (SSSR count). The van der Waals surface area contributed by atoms with Crippen LogP contribution in [0.25, 0.3) is 0 Å². The molecule has 0 heterocycles. The third kappa shape index (κ3) is 3.44. The summed E-state index contributed by atoms with van der Waals surface area (Å²) < 4.78 is 5.43. The number of ether oxygens (including phenoxy) is 1. The van der Waals surface area contributed by atoms with Crippen LogP contribution >= 0.6 is 0 Å². The second-order valence-corrected chi connectivity index (χ2v) is 4.53. The van der Waals surface area contributed by atoms with E-state index in [-0.39, 0.29) is 0 Å². The summed E-state index contributed by atoms with van der Waals surface area (Å²) in [5.41, 5.74) is 4.53. The van der Waals surface area contributed by atoms with Crippen molar-refractivity contribution in [1.29, 1.82) is 0 Å². The van der Waals surface area contributed by atoms with Gasteiger partial charge in [0.2, 0.25) is 0 Å². The first kappa shape index (κ1) is 15.4. The molecule has 1 atom stereocenters. The van der Waals surface area contributed by atoms with E-state index in [2.05, 4.69) is 6.08 Å². The fourth-order valence-electron chi connectivity index (χ4n) is 1.57. The van der Waals surface area contributed by atoms with Gasteiger partial charge < -0.3 is 15.6 Å². The normalized spacial score (nSPS) is 18.6. The summed E-state index contributed by atoms with van der Waals surface area (Å²) in [6.07, 6.45) is 6.95. The van der Waals surface area contributed by atoms with Gasteiger partial charge in [-0.25, -0.2) is 0 Å². The second-order valence-electron chi connectivity index (χ2n) is 4.53. The maximum Gasteiger partial charge on any atom is 0.115 e. The Kier molecular flexibility index (Phi) is 5.94. The summed E-state index contributed by atoms with van der Waals surface area (Å²) in [5.74, 6) is 0. The van der Waals surface area contributed by atoms with Crippen LogP contribution in [-0.2, 0) is 4.74 Å². The number of aliphatic hydroxyl groups is 1. The van der Waals surface area contributed by atoms with Gasteiger partial charge in [0.05, 0.1) is 5.60 Å². The first-order valence-electron chi connectivity index (χ1n) is 5.67. The van der Waals surface area contributed by atoms with Gasteiger partial charge in [-0.05, 0) is 39.3 Å². The van der Waals surface area contributed by atoms with Crippen LogP contribution in [-0.4, -0.2) is 30.0 Å². The number of hydrogen-bond donors (Lipinski definition) is 2. The van der Waals surface area contributed by atoms with Crippen LogP contribution in [0.5, 0.6) is 0 Å². The molecular weight excluding hydrogens is 202 g/mol. The molecule has 94 valence electrons. The van der Waals surface area contributed by atoms with Crippen LogP contribution in [0, 0.1) is 0 Å². The number of rotatable bonds is 3. The van der Waals surface area contributed by atoms with Gasteiger partial charge in [0.25, 0.3) is 0 Å². The Balaban J connectivity index is 0.000000673. The molecule has 0 saturated heterocycles. The largest absolute Gasteiger partial charge is 0.387 e. The zero-order chi connectivity index (χ0) is 12.8. The highest BCUT2D eigenvalue weighted by molar-refractivity contribution is 5.32. The van der Waals surface area contributed by atoms with Crippen LogP contribution in [0.4, 0.5) is 0 Å². The number of nitrogens with two attached hydrogens (primary N) is 1. The lowest BCUT2D eigenvalue weighted by Crippen LogP contribution is -2.50. The minimum Gasteiger partial charge on any atom is -0.387 e. The molecule has 3 heteroatoms. The molecule has 3 nitrogen and oxygen atoms in total. The summed E-state index contributed by atoms with van der Waals surface area (Å²) in [4.78, 5) is 0. The average molecular weight is 227 g/mol. The molecule has 0 aliphatic heterocycles. The van der Waals surface area contributed by atoms with Crippen molar-refractivity contribution in [1.82, 2.24) is 0 Å². The Morgan fingerprint density at radius 1 is 1.44 bits per heavy atom. The molecule has 0 radical (unpaired) electrons. The second kappa shape index (κ2) is 6.18. The van der Waals surface area contributed by atoms with Crippen molar-refractivity contribution >= 4 is 0 Å². The Bertz CT molecular complexity index is 264. The highest BCUT2D eigenvalue weighted by Crippen LogP contribution is 2.36. The smallest absolute Gasteiger partial charge is 0.115 e. The third-order valence-corrected chi connectivity index (χ3v) is 2.96. The Morgan fingerprint density at radius 2 is 1.94 bits per heavy atom. The number of hydrogen-bond acceptors (Lipinski definition) is 3. The monoisotopic (exact) mass is 227 g/mol. The minimum atomic E-state index is -0.862. The highest BCUT2D eigenvalue weighted by Gasteiger charge is 2.42. The Hall–Kier alpha value is -0.640. The lowest BCUT2D eigenvalue weighted by atomic mass is 9.80. The molecule has 0 fully saturated rings. The van der Waals surface area contributed by atoms with Crippen molar-refractivity contribution in [3.05, 3.63) is 23.8 Å². The average Bonchev–Trinajstić information content (AvgIpc) is 2.69. The molecular formula is C13H25NO2. The predicted molar refractivity (Wildman–Crippen MR) is 68.3 cm³/mol. The molecule has 3 N–H and O–H groups in total. The third-order valence-electron chi connectivity index (χ3n) is 2.96. The lowest BCUT2D eigenvalue weighted by molar-refractivity contribution is -0.118. The number of allylic oxidation sites excluding steroid dienone is 3. The molecule has 0 aromatic rings. The predicted octanol–water partition coefficient (Wildman–Crippen LogP) is 2.01. The van der Waals surface area contributed by atoms with Gasteiger partial charge in [-0.2, -0.15) is 0 Å². The van der Waals surface area contributed by atoms with Crippen LogP contribution in [0.1, 0.15) is 34.1 Å². The van der Waals surface area contributed by atoms with E-state index in [4.69, 9.17) is 10.5 Å². The van der Waals surface area contributed by atoms with E-state index in [1.54, 1.807) is 21.0 Å². The molecule has 1 aliphatic rings. The summed E-state index contributed by atoms with van der Waals surface area (Å²) >= 11 is 0. The molecule has 16 heavy (non-hydrogen) atoms. The summed E-state index contributed by atoms with van der Waals surface area (Å²) in [7, 11) is 1.64. The molecule has 0 amide bonds. The van der Waals surface area contributed by atoms with Gasteiger partial charge in [0.15, 0.2) is 0 Å². The van der Waals surface area contributed by atoms with Gasteiger partial charge >= 0.3 is 0 Å². The van der Waals surface area contributed by atoms with E-state index >= 15 is 0 Å². The zero-order valence-electron chi connectivity index (χ0n) is 11.1. The molecule has 0 saturated carbocycles.